The summed E-state index contributed by atoms with van der Waals surface area (Å²) in [6, 6.07) is -1.12. The highest BCUT2D eigenvalue weighted by Crippen LogP contribution is 2.15. The first-order chi connectivity index (χ1) is 9.58. The van der Waals surface area contributed by atoms with E-state index in [-0.39, 0.29) is 0 Å². The van der Waals surface area contributed by atoms with Gasteiger partial charge < -0.3 is 20.5 Å². The highest BCUT2D eigenvalue weighted by molar-refractivity contribution is 7.13. The number of aliphatic hydroxyl groups is 1. The van der Waals surface area contributed by atoms with Crippen molar-refractivity contribution in [1.29, 1.82) is 0 Å². The molecule has 7 nitrogen and oxygen atoms in total. The number of amides is 2. The Hall–Kier alpha value is -1.67. The van der Waals surface area contributed by atoms with E-state index < -0.39 is 29.7 Å². The first kappa shape index (κ1) is 17.4. The molecule has 0 saturated heterocycles. The Labute approximate surface area is 127 Å². The van der Waals surface area contributed by atoms with E-state index in [1.807, 2.05) is 0 Å². The molecule has 2 atom stereocenters. The van der Waals surface area contributed by atoms with Crippen molar-refractivity contribution in [2.24, 2.45) is 0 Å². The molecule has 21 heavy (non-hydrogen) atoms. The van der Waals surface area contributed by atoms with Crippen LogP contribution in [0.3, 0.4) is 0 Å². The van der Waals surface area contributed by atoms with Crippen LogP contribution in [-0.2, 0) is 9.53 Å². The summed E-state index contributed by atoms with van der Waals surface area (Å²) in [7, 11) is 0. The van der Waals surface area contributed by atoms with Gasteiger partial charge >= 0.3 is 6.09 Å². The van der Waals surface area contributed by atoms with Crippen LogP contribution in [0.15, 0.2) is 5.38 Å². The Morgan fingerprint density at radius 2 is 2.05 bits per heavy atom. The number of nitrogens with zero attached hydrogens (tertiary/aromatic N) is 1. The van der Waals surface area contributed by atoms with Crippen LogP contribution in [0, 0.1) is 6.92 Å². The maximum Gasteiger partial charge on any atom is 0.408 e. The zero-order chi connectivity index (χ0) is 16.2. The van der Waals surface area contributed by atoms with Gasteiger partial charge in [0.25, 0.3) is 5.91 Å². The molecule has 0 bridgehead atoms. The molecule has 0 aromatic carbocycles. The zero-order valence-electron chi connectivity index (χ0n) is 12.8. The number of aliphatic hydroxyl groups excluding tert-OH is 1. The van der Waals surface area contributed by atoms with E-state index in [0.29, 0.717) is 5.13 Å². The van der Waals surface area contributed by atoms with Crippen molar-refractivity contribution >= 4 is 28.5 Å². The molecule has 0 fully saturated rings. The Morgan fingerprint density at radius 1 is 1.43 bits per heavy atom. The van der Waals surface area contributed by atoms with Crippen molar-refractivity contribution in [2.45, 2.75) is 52.4 Å². The third-order valence-electron chi connectivity index (χ3n) is 2.29. The second-order valence-corrected chi connectivity index (χ2v) is 6.51. The molecule has 0 spiro atoms. The SMILES string of the molecule is Cc1csc(NC(=O)C(NC(=O)OC(C)(C)C)C(C)O)n1. The maximum atomic E-state index is 12.1. The van der Waals surface area contributed by atoms with Gasteiger partial charge in [-0.2, -0.15) is 0 Å². The van der Waals surface area contributed by atoms with Gasteiger partial charge in [0.15, 0.2) is 5.13 Å². The lowest BCUT2D eigenvalue weighted by Crippen LogP contribution is -2.51. The van der Waals surface area contributed by atoms with E-state index in [9.17, 15) is 14.7 Å². The molecule has 1 aromatic heterocycles. The Kier molecular flexibility index (Phi) is 5.68. The molecule has 2 amide bonds. The molecule has 0 aliphatic heterocycles. The lowest BCUT2D eigenvalue weighted by molar-refractivity contribution is -0.120. The molecule has 2 unspecified atom stereocenters. The van der Waals surface area contributed by atoms with Gasteiger partial charge in [-0.05, 0) is 34.6 Å². The summed E-state index contributed by atoms with van der Waals surface area (Å²) in [6.07, 6.45) is -1.84. The lowest BCUT2D eigenvalue weighted by Gasteiger charge is -2.24. The summed E-state index contributed by atoms with van der Waals surface area (Å²) in [5, 5.41) is 16.8. The van der Waals surface area contributed by atoms with Crippen molar-refractivity contribution in [3.8, 4) is 0 Å². The number of thiazole rings is 1. The van der Waals surface area contributed by atoms with Crippen molar-refractivity contribution in [2.75, 3.05) is 5.32 Å². The Bertz CT molecular complexity index is 508. The van der Waals surface area contributed by atoms with Gasteiger partial charge in [-0.1, -0.05) is 0 Å². The summed E-state index contributed by atoms with van der Waals surface area (Å²) in [4.78, 5) is 27.9. The maximum absolute atomic E-state index is 12.1. The van der Waals surface area contributed by atoms with Crippen LogP contribution in [-0.4, -0.2) is 39.8 Å². The van der Waals surface area contributed by atoms with Crippen LogP contribution in [0.2, 0.25) is 0 Å². The molecule has 0 aliphatic carbocycles. The minimum absolute atomic E-state index is 0.411. The fraction of sp³-hybridized carbons (Fsp3) is 0.615. The molecule has 3 N–H and O–H groups in total. The predicted octanol–water partition coefficient (Wildman–Crippen LogP) is 1.66. The number of hydrogen-bond donors (Lipinski definition) is 3. The predicted molar refractivity (Wildman–Crippen MR) is 80.3 cm³/mol. The quantitative estimate of drug-likeness (QED) is 0.784. The van der Waals surface area contributed by atoms with E-state index in [1.165, 1.54) is 18.3 Å². The van der Waals surface area contributed by atoms with Gasteiger partial charge in [0.1, 0.15) is 11.6 Å². The standard InChI is InChI=1S/C13H21N3O4S/c1-7-6-21-11(14-7)16-10(18)9(8(2)17)15-12(19)20-13(3,4)5/h6,8-9,17H,1-5H3,(H,15,19)(H,14,16,18). The summed E-state index contributed by atoms with van der Waals surface area (Å²) in [5.41, 5.74) is 0.0972. The van der Waals surface area contributed by atoms with Crippen molar-refractivity contribution in [3.63, 3.8) is 0 Å². The number of nitrogens with one attached hydrogen (secondary N) is 2. The highest BCUT2D eigenvalue weighted by atomic mass is 32.1. The van der Waals surface area contributed by atoms with Crippen LogP contribution < -0.4 is 10.6 Å². The van der Waals surface area contributed by atoms with Gasteiger partial charge in [-0.3, -0.25) is 4.79 Å². The molecule has 1 aromatic rings. The van der Waals surface area contributed by atoms with Crippen LogP contribution in [0.1, 0.15) is 33.4 Å². The number of aryl methyl sites for hydroxylation is 1. The summed E-state index contributed by atoms with van der Waals surface area (Å²) in [6.45, 7) is 8.35. The molecular weight excluding hydrogens is 294 g/mol. The van der Waals surface area contributed by atoms with Gasteiger partial charge in [0, 0.05) is 5.38 Å². The zero-order valence-corrected chi connectivity index (χ0v) is 13.6. The lowest BCUT2D eigenvalue weighted by atomic mass is 10.1. The number of anilines is 1. The Balaban J connectivity index is 2.68. The monoisotopic (exact) mass is 315 g/mol. The van der Waals surface area contributed by atoms with E-state index >= 15 is 0 Å². The minimum Gasteiger partial charge on any atom is -0.444 e. The summed E-state index contributed by atoms with van der Waals surface area (Å²) >= 11 is 1.27. The van der Waals surface area contributed by atoms with E-state index in [0.717, 1.165) is 5.69 Å². The van der Waals surface area contributed by atoms with E-state index in [4.69, 9.17) is 4.74 Å². The molecule has 1 rings (SSSR count). The molecule has 0 aliphatic rings. The van der Waals surface area contributed by atoms with Crippen LogP contribution >= 0.6 is 11.3 Å². The number of aromatic nitrogens is 1. The molecule has 1 heterocycles. The minimum atomic E-state index is -1.12. The number of rotatable bonds is 4. The van der Waals surface area contributed by atoms with Gasteiger partial charge in [-0.25, -0.2) is 9.78 Å². The fourth-order valence-electron chi connectivity index (χ4n) is 1.43. The molecule has 0 radical (unpaired) electrons. The third-order valence-corrected chi connectivity index (χ3v) is 3.16. The summed E-state index contributed by atoms with van der Waals surface area (Å²) < 4.78 is 5.07. The fourth-order valence-corrected chi connectivity index (χ4v) is 2.13. The van der Waals surface area contributed by atoms with Crippen LogP contribution in [0.25, 0.3) is 0 Å². The number of alkyl carbamates (subject to hydrolysis) is 1. The second kappa shape index (κ2) is 6.86. The van der Waals surface area contributed by atoms with Crippen LogP contribution in [0.5, 0.6) is 0 Å². The van der Waals surface area contributed by atoms with Crippen LogP contribution in [0.4, 0.5) is 9.93 Å². The molecule has 118 valence electrons. The first-order valence-corrected chi connectivity index (χ1v) is 7.37. The third kappa shape index (κ3) is 6.09. The largest absolute Gasteiger partial charge is 0.444 e. The van der Waals surface area contributed by atoms with Gasteiger partial charge in [0.05, 0.1) is 11.8 Å². The average Bonchev–Trinajstić information content (AvgIpc) is 2.68. The second-order valence-electron chi connectivity index (χ2n) is 5.65. The van der Waals surface area contributed by atoms with Gasteiger partial charge in [-0.15, -0.1) is 11.3 Å². The van der Waals surface area contributed by atoms with E-state index in [1.54, 1.807) is 33.1 Å². The number of carbonyl (C=O) groups excluding carboxylic acids is 2. The van der Waals surface area contributed by atoms with Gasteiger partial charge in [0.2, 0.25) is 0 Å². The number of ether oxygens (including phenoxy) is 1. The molecule has 8 heteroatoms. The molecular formula is C13H21N3O4S. The average molecular weight is 315 g/mol. The Morgan fingerprint density at radius 3 is 2.48 bits per heavy atom. The van der Waals surface area contributed by atoms with Crippen molar-refractivity contribution in [1.82, 2.24) is 10.3 Å². The first-order valence-electron chi connectivity index (χ1n) is 6.49. The normalized spacial score (nSPS) is 14.2. The topological polar surface area (TPSA) is 101 Å². The highest BCUT2D eigenvalue weighted by Gasteiger charge is 2.28. The van der Waals surface area contributed by atoms with E-state index in [2.05, 4.69) is 15.6 Å². The van der Waals surface area contributed by atoms with Crippen molar-refractivity contribution < 1.29 is 19.4 Å². The van der Waals surface area contributed by atoms with Crippen molar-refractivity contribution in [3.05, 3.63) is 11.1 Å². The summed E-state index contributed by atoms with van der Waals surface area (Å²) in [5.74, 6) is -0.551. The smallest absolute Gasteiger partial charge is 0.408 e. The number of carbonyl (C=O) groups is 2. The number of hydrogen-bond acceptors (Lipinski definition) is 6. The molecule has 0 saturated carbocycles.